The Morgan fingerprint density at radius 3 is 2.90 bits per heavy atom. The molecule has 0 unspecified atom stereocenters. The molecule has 1 aliphatic rings. The zero-order chi connectivity index (χ0) is 14.8. The Labute approximate surface area is 124 Å². The Morgan fingerprint density at radius 2 is 2.24 bits per heavy atom. The molecular formula is C13H12ClN5O2. The van der Waals surface area contributed by atoms with Crippen LogP contribution < -0.4 is 16.2 Å². The molecule has 21 heavy (non-hydrogen) atoms. The summed E-state index contributed by atoms with van der Waals surface area (Å²) in [4.78, 5) is 34.2. The second-order valence-electron chi connectivity index (χ2n) is 4.70. The Kier molecular flexibility index (Phi) is 3.57. The minimum Gasteiger partial charge on any atom is -0.348 e. The molecule has 0 radical (unpaired) electrons. The summed E-state index contributed by atoms with van der Waals surface area (Å²) in [5, 5.41) is 5.76. The Balaban J connectivity index is 1.85. The van der Waals surface area contributed by atoms with Crippen molar-refractivity contribution in [2.24, 2.45) is 0 Å². The first-order chi connectivity index (χ1) is 10.1. The average molecular weight is 306 g/mol. The number of H-pyrrole nitrogens is 1. The summed E-state index contributed by atoms with van der Waals surface area (Å²) >= 11 is 6.06. The summed E-state index contributed by atoms with van der Waals surface area (Å²) in [6, 6.07) is 3.21. The van der Waals surface area contributed by atoms with Gasteiger partial charge in [0.05, 0.1) is 5.02 Å². The van der Waals surface area contributed by atoms with Crippen molar-refractivity contribution in [3.05, 3.63) is 45.7 Å². The largest absolute Gasteiger partial charge is 0.348 e. The van der Waals surface area contributed by atoms with Crippen molar-refractivity contribution < 1.29 is 4.79 Å². The van der Waals surface area contributed by atoms with E-state index in [0.29, 0.717) is 5.82 Å². The number of carbonyl (C=O) groups excluding carboxylic acids is 1. The third kappa shape index (κ3) is 3.19. The molecule has 0 aromatic carbocycles. The van der Waals surface area contributed by atoms with E-state index in [0.717, 1.165) is 12.8 Å². The molecular weight excluding hydrogens is 294 g/mol. The Morgan fingerprint density at radius 1 is 1.43 bits per heavy atom. The number of pyridine rings is 1. The van der Waals surface area contributed by atoms with Crippen molar-refractivity contribution in [1.82, 2.24) is 20.3 Å². The van der Waals surface area contributed by atoms with Crippen molar-refractivity contribution in [3.63, 3.8) is 0 Å². The summed E-state index contributed by atoms with van der Waals surface area (Å²) in [5.41, 5.74) is -0.164. The van der Waals surface area contributed by atoms with E-state index in [1.165, 1.54) is 12.4 Å². The molecule has 1 saturated carbocycles. The molecule has 1 aliphatic carbocycles. The Hall–Kier alpha value is -2.41. The standard InChI is InChI=1S/C13H12ClN5O2/c14-8-5-9(18-10-3-4-15-6-16-10)12(20)19-11(8)13(21)17-7-1-2-7/h3-7H,1-2H2,(H,17,21)(H,19,20)(H,15,16,18). The molecule has 1 fully saturated rings. The summed E-state index contributed by atoms with van der Waals surface area (Å²) in [6.07, 6.45) is 4.82. The summed E-state index contributed by atoms with van der Waals surface area (Å²) in [6.45, 7) is 0. The van der Waals surface area contributed by atoms with Crippen LogP contribution in [0.1, 0.15) is 23.3 Å². The van der Waals surface area contributed by atoms with Gasteiger partial charge in [-0.15, -0.1) is 0 Å². The quantitative estimate of drug-likeness (QED) is 0.794. The van der Waals surface area contributed by atoms with Crippen LogP contribution in [0.3, 0.4) is 0 Å². The molecule has 2 heterocycles. The van der Waals surface area contributed by atoms with E-state index >= 15 is 0 Å². The second-order valence-corrected chi connectivity index (χ2v) is 5.11. The van der Waals surface area contributed by atoms with Gasteiger partial charge < -0.3 is 15.6 Å². The number of anilines is 2. The van der Waals surface area contributed by atoms with Gasteiger partial charge in [-0.2, -0.15) is 0 Å². The normalized spacial score (nSPS) is 13.8. The first-order valence-corrected chi connectivity index (χ1v) is 6.78. The number of halogens is 1. The van der Waals surface area contributed by atoms with E-state index in [2.05, 4.69) is 25.6 Å². The van der Waals surface area contributed by atoms with E-state index < -0.39 is 5.56 Å². The minimum atomic E-state index is -0.445. The van der Waals surface area contributed by atoms with Gasteiger partial charge in [-0.05, 0) is 25.0 Å². The highest BCUT2D eigenvalue weighted by molar-refractivity contribution is 6.33. The van der Waals surface area contributed by atoms with Gasteiger partial charge in [-0.1, -0.05) is 11.6 Å². The van der Waals surface area contributed by atoms with E-state index in [-0.39, 0.29) is 28.4 Å². The van der Waals surface area contributed by atoms with E-state index in [4.69, 9.17) is 11.6 Å². The summed E-state index contributed by atoms with van der Waals surface area (Å²) < 4.78 is 0. The van der Waals surface area contributed by atoms with Gasteiger partial charge in [-0.25, -0.2) is 9.97 Å². The zero-order valence-corrected chi connectivity index (χ0v) is 11.6. The van der Waals surface area contributed by atoms with Gasteiger partial charge in [0.15, 0.2) is 0 Å². The molecule has 108 valence electrons. The molecule has 0 saturated heterocycles. The van der Waals surface area contributed by atoms with Crippen LogP contribution in [-0.2, 0) is 0 Å². The lowest BCUT2D eigenvalue weighted by Gasteiger charge is -2.08. The van der Waals surface area contributed by atoms with Crippen LogP contribution in [0.25, 0.3) is 0 Å². The molecule has 0 atom stereocenters. The number of nitrogens with one attached hydrogen (secondary N) is 3. The monoisotopic (exact) mass is 305 g/mol. The number of carbonyl (C=O) groups is 1. The molecule has 8 heteroatoms. The highest BCUT2D eigenvalue weighted by Gasteiger charge is 2.25. The highest BCUT2D eigenvalue weighted by Crippen LogP contribution is 2.21. The van der Waals surface area contributed by atoms with Gasteiger partial charge in [0, 0.05) is 12.2 Å². The predicted octanol–water partition coefficient (Wildman–Crippen LogP) is 1.45. The number of aromatic nitrogens is 3. The van der Waals surface area contributed by atoms with Crippen molar-refractivity contribution in [1.29, 1.82) is 0 Å². The third-order valence-corrected chi connectivity index (χ3v) is 3.28. The number of aromatic amines is 1. The van der Waals surface area contributed by atoms with E-state index in [9.17, 15) is 9.59 Å². The molecule has 1 amide bonds. The number of nitrogens with zero attached hydrogens (tertiary/aromatic N) is 2. The molecule has 3 rings (SSSR count). The lowest BCUT2D eigenvalue weighted by Crippen LogP contribution is -2.29. The SMILES string of the molecule is O=C(NC1CC1)c1[nH]c(=O)c(Nc2ccncn2)cc1Cl. The molecule has 0 bridgehead atoms. The lowest BCUT2D eigenvalue weighted by atomic mass is 10.3. The fraction of sp³-hybridized carbons (Fsp3) is 0.231. The average Bonchev–Trinajstić information content (AvgIpc) is 3.27. The van der Waals surface area contributed by atoms with Crippen LogP contribution in [0.2, 0.25) is 5.02 Å². The summed E-state index contributed by atoms with van der Waals surface area (Å²) in [7, 11) is 0. The van der Waals surface area contributed by atoms with Crippen molar-refractivity contribution in [3.8, 4) is 0 Å². The third-order valence-electron chi connectivity index (χ3n) is 2.98. The molecule has 2 aromatic heterocycles. The maximum absolute atomic E-state index is 12.0. The number of hydrogen-bond donors (Lipinski definition) is 3. The van der Waals surface area contributed by atoms with Crippen molar-refractivity contribution in [2.75, 3.05) is 5.32 Å². The number of hydrogen-bond acceptors (Lipinski definition) is 5. The van der Waals surface area contributed by atoms with Gasteiger partial charge in [0.25, 0.3) is 11.5 Å². The number of rotatable bonds is 4. The smallest absolute Gasteiger partial charge is 0.272 e. The predicted molar refractivity (Wildman–Crippen MR) is 77.9 cm³/mol. The van der Waals surface area contributed by atoms with E-state index in [1.807, 2.05) is 0 Å². The maximum Gasteiger partial charge on any atom is 0.272 e. The topological polar surface area (TPSA) is 99.8 Å². The molecule has 3 N–H and O–H groups in total. The van der Waals surface area contributed by atoms with Crippen molar-refractivity contribution >= 4 is 29.0 Å². The zero-order valence-electron chi connectivity index (χ0n) is 10.9. The number of amides is 1. The van der Waals surface area contributed by atoms with Crippen LogP contribution in [0.5, 0.6) is 0 Å². The van der Waals surface area contributed by atoms with Crippen LogP contribution in [0, 0.1) is 0 Å². The second kappa shape index (κ2) is 5.53. The first-order valence-electron chi connectivity index (χ1n) is 6.40. The van der Waals surface area contributed by atoms with Gasteiger partial charge >= 0.3 is 0 Å². The van der Waals surface area contributed by atoms with Crippen LogP contribution >= 0.6 is 11.6 Å². The fourth-order valence-electron chi connectivity index (χ4n) is 1.75. The minimum absolute atomic E-state index is 0.0711. The fourth-order valence-corrected chi connectivity index (χ4v) is 1.99. The van der Waals surface area contributed by atoms with Crippen molar-refractivity contribution in [2.45, 2.75) is 18.9 Å². The van der Waals surface area contributed by atoms with Gasteiger partial charge in [0.2, 0.25) is 0 Å². The van der Waals surface area contributed by atoms with Crippen LogP contribution in [-0.4, -0.2) is 26.9 Å². The van der Waals surface area contributed by atoms with Crippen LogP contribution in [0.15, 0.2) is 29.5 Å². The summed E-state index contributed by atoms with van der Waals surface area (Å²) in [5.74, 6) is 0.0925. The van der Waals surface area contributed by atoms with E-state index in [1.54, 1.807) is 12.3 Å². The van der Waals surface area contributed by atoms with Gasteiger partial charge in [0.1, 0.15) is 23.5 Å². The Bertz CT molecular complexity index is 727. The first kappa shape index (κ1) is 13.6. The highest BCUT2D eigenvalue weighted by atomic mass is 35.5. The van der Waals surface area contributed by atoms with Gasteiger partial charge in [-0.3, -0.25) is 9.59 Å². The van der Waals surface area contributed by atoms with Crippen LogP contribution in [0.4, 0.5) is 11.5 Å². The molecule has 0 aliphatic heterocycles. The lowest BCUT2D eigenvalue weighted by molar-refractivity contribution is 0.0946. The molecule has 2 aromatic rings. The molecule has 7 nitrogen and oxygen atoms in total. The maximum atomic E-state index is 12.0. The molecule has 0 spiro atoms.